The molecule has 4 aliphatic rings. The van der Waals surface area contributed by atoms with E-state index in [1.54, 1.807) is 33.5 Å². The third kappa shape index (κ3) is 3.49. The van der Waals surface area contributed by atoms with Crippen molar-refractivity contribution in [3.63, 3.8) is 0 Å². The van der Waals surface area contributed by atoms with Crippen LogP contribution in [0.5, 0.6) is 51.7 Å². The number of aliphatic hydroxyl groups is 1. The maximum atomic E-state index is 10.7. The van der Waals surface area contributed by atoms with E-state index in [0.29, 0.717) is 67.7 Å². The minimum absolute atomic E-state index is 0.0193. The van der Waals surface area contributed by atoms with Crippen molar-refractivity contribution in [1.29, 1.82) is 0 Å². The molecule has 0 saturated carbocycles. The van der Waals surface area contributed by atoms with E-state index in [1.807, 2.05) is 48.5 Å². The molecule has 1 spiro atoms. The number of anilines is 3. The fourth-order valence-electron chi connectivity index (χ4n) is 7.11. The van der Waals surface area contributed by atoms with Crippen molar-refractivity contribution in [3.8, 4) is 51.7 Å². The molecular formula is C34H22Cl4NO8Sb. The molecule has 1 N–H and O–H groups in total. The van der Waals surface area contributed by atoms with Gasteiger partial charge in [0.15, 0.2) is 0 Å². The van der Waals surface area contributed by atoms with E-state index in [4.69, 9.17) is 76.1 Å². The molecule has 0 amide bonds. The monoisotopic (exact) mass is 833 g/mol. The number of benzene rings is 5. The average Bonchev–Trinajstić information content (AvgIpc) is 3.46. The summed E-state index contributed by atoms with van der Waals surface area (Å²) in [7, 11) is 4.72. The summed E-state index contributed by atoms with van der Waals surface area (Å²) in [6, 6.07) is 18.6. The molecule has 4 heterocycles. The second-order valence-corrected chi connectivity index (χ2v) is 23.2. The van der Waals surface area contributed by atoms with Crippen molar-refractivity contribution in [2.75, 3.05) is 26.2 Å². The van der Waals surface area contributed by atoms with E-state index in [-0.39, 0.29) is 38.2 Å². The van der Waals surface area contributed by atoms with Gasteiger partial charge in [-0.3, -0.25) is 0 Å². The van der Waals surface area contributed by atoms with Crippen LogP contribution in [0.4, 0.5) is 17.1 Å². The summed E-state index contributed by atoms with van der Waals surface area (Å²) in [5.41, 5.74) is 2.67. The molecule has 9 rings (SSSR count). The molecule has 0 saturated heterocycles. The molecule has 0 fully saturated rings. The molecule has 9 nitrogen and oxygen atoms in total. The van der Waals surface area contributed by atoms with Crippen molar-refractivity contribution in [3.05, 3.63) is 86.3 Å². The number of methoxy groups -OCH3 is 3. The Bertz CT molecular complexity index is 2150. The van der Waals surface area contributed by atoms with Gasteiger partial charge in [0.05, 0.1) is 0 Å². The first-order chi connectivity index (χ1) is 23.2. The minimum atomic E-state index is -6.16. The predicted octanol–water partition coefficient (Wildman–Crippen LogP) is 7.70. The van der Waals surface area contributed by atoms with Gasteiger partial charge in [-0.1, -0.05) is 0 Å². The van der Waals surface area contributed by atoms with Gasteiger partial charge in [-0.25, -0.2) is 0 Å². The summed E-state index contributed by atoms with van der Waals surface area (Å²) in [4.78, 5) is 2.06. The molecule has 0 atom stereocenters. The zero-order valence-corrected chi connectivity index (χ0v) is 30.8. The molecule has 0 bridgehead atoms. The standard InChI is InChI=1S/C28H22NO6.C6H2Cl4O2.Sb/c1-31-22-9-6-19(7-10-22)29-20-5-4-18(17-30)27(12-20)34-24-14-23(32-2)15-25(16-24)35-28-13-21(29)8-11-26(28)33-3;7-1-2(8)4(10)6(12)5(11)3(1)9;/h4-11,14-15,30H,17H2,1-3H3;11-12H;/q;;+2/p-2. The number of aliphatic hydroxyl groups excluding tert-OH is 1. The van der Waals surface area contributed by atoms with Crippen LogP contribution >= 0.6 is 46.4 Å². The Morgan fingerprint density at radius 1 is 0.625 bits per heavy atom. The number of ether oxygens (including phenoxy) is 5. The summed E-state index contributed by atoms with van der Waals surface area (Å²) >= 11 is 21.0. The summed E-state index contributed by atoms with van der Waals surface area (Å²) < 4.78 is 47.3. The number of fused-ring (bicyclic) bond motifs is 1. The number of halogens is 4. The van der Waals surface area contributed by atoms with E-state index in [0.717, 1.165) is 5.69 Å². The molecule has 0 unspecified atom stereocenters. The molecule has 0 radical (unpaired) electrons. The Morgan fingerprint density at radius 2 is 1.19 bits per heavy atom. The first-order valence-electron chi connectivity index (χ1n) is 14.5. The van der Waals surface area contributed by atoms with Gasteiger partial charge in [-0.15, -0.1) is 0 Å². The number of rotatable bonds is 5. The normalized spacial score (nSPS) is 16.7. The van der Waals surface area contributed by atoms with E-state index in [1.165, 1.54) is 0 Å². The third-order valence-corrected chi connectivity index (χ3v) is 24.6. The van der Waals surface area contributed by atoms with E-state index >= 15 is 0 Å². The van der Waals surface area contributed by atoms with E-state index in [9.17, 15) is 5.11 Å². The molecule has 5 aromatic rings. The fraction of sp³-hybridized carbons (Fsp3) is 0.118. The Hall–Kier alpha value is -3.56. The van der Waals surface area contributed by atoms with Crippen LogP contribution in [-0.2, 0) is 6.61 Å². The van der Waals surface area contributed by atoms with Crippen LogP contribution in [0.1, 0.15) is 5.56 Å². The maximum absolute atomic E-state index is 10.7. The second kappa shape index (κ2) is 10.2. The first-order valence-corrected chi connectivity index (χ1v) is 21.9. The summed E-state index contributed by atoms with van der Waals surface area (Å²) in [6.07, 6.45) is 0. The molecule has 0 aliphatic carbocycles. The van der Waals surface area contributed by atoms with Crippen molar-refractivity contribution < 1.29 is 34.8 Å². The van der Waals surface area contributed by atoms with Gasteiger partial charge in [-0.05, 0) is 0 Å². The van der Waals surface area contributed by atoms with Crippen LogP contribution in [0.3, 0.4) is 0 Å². The van der Waals surface area contributed by atoms with Gasteiger partial charge in [0, 0.05) is 0 Å². The Kier molecular flexibility index (Phi) is 6.50. The molecule has 244 valence electrons. The SMILES string of the molecule is COc1ccc(N2c3ccc(CO)c4[c]3[Sb]35([O]c6c(Cl)c(Cl)c(Cl)c(Cl)c6[O]3)[c]3c(cc(OC)cc3Oc3c(OC)ccc2[c]35)O4)cc1. The van der Waals surface area contributed by atoms with Crippen molar-refractivity contribution in [2.24, 2.45) is 0 Å². The zero-order chi connectivity index (χ0) is 33.3. The molecule has 14 heteroatoms. The van der Waals surface area contributed by atoms with E-state index in [2.05, 4.69) is 4.90 Å². The van der Waals surface area contributed by atoms with Crippen LogP contribution in [0.2, 0.25) is 20.1 Å². The van der Waals surface area contributed by atoms with Gasteiger partial charge in [0.1, 0.15) is 0 Å². The van der Waals surface area contributed by atoms with Crippen LogP contribution in [0.25, 0.3) is 0 Å². The number of hydrogen-bond donors (Lipinski definition) is 1. The van der Waals surface area contributed by atoms with Crippen LogP contribution < -0.4 is 45.1 Å². The van der Waals surface area contributed by atoms with Crippen molar-refractivity contribution >= 4 is 92.2 Å². The van der Waals surface area contributed by atoms with Crippen LogP contribution in [-0.4, -0.2) is 44.7 Å². The Labute approximate surface area is 296 Å². The van der Waals surface area contributed by atoms with Gasteiger partial charge in [0.2, 0.25) is 0 Å². The summed E-state index contributed by atoms with van der Waals surface area (Å²) in [6.45, 7) is -0.346. The molecular weight excluding hydrogens is 814 g/mol. The average molecular weight is 836 g/mol. The zero-order valence-electron chi connectivity index (χ0n) is 25.2. The topological polar surface area (TPSA) is 88.1 Å². The van der Waals surface area contributed by atoms with Crippen LogP contribution in [0.15, 0.2) is 60.7 Å². The van der Waals surface area contributed by atoms with Gasteiger partial charge >= 0.3 is 298 Å². The molecule has 0 aromatic heterocycles. The Morgan fingerprint density at radius 3 is 1.75 bits per heavy atom. The molecule has 5 aromatic carbocycles. The number of hydrogen-bond acceptors (Lipinski definition) is 9. The fourth-order valence-corrected chi connectivity index (χ4v) is 24.3. The second-order valence-electron chi connectivity index (χ2n) is 11.3. The first kappa shape index (κ1) is 30.5. The summed E-state index contributed by atoms with van der Waals surface area (Å²) in [5.74, 6) is 3.30. The van der Waals surface area contributed by atoms with Gasteiger partial charge in [0.25, 0.3) is 0 Å². The predicted molar refractivity (Wildman–Crippen MR) is 186 cm³/mol. The quantitative estimate of drug-likeness (QED) is 0.107. The Balaban J connectivity index is 1.53. The number of nitrogens with zero attached hydrogens (tertiary/aromatic N) is 1. The molecule has 48 heavy (non-hydrogen) atoms. The van der Waals surface area contributed by atoms with Crippen molar-refractivity contribution in [2.45, 2.75) is 6.61 Å². The van der Waals surface area contributed by atoms with Gasteiger partial charge < -0.3 is 0 Å². The van der Waals surface area contributed by atoms with Gasteiger partial charge in [-0.2, -0.15) is 0 Å². The van der Waals surface area contributed by atoms with E-state index < -0.39 is 18.2 Å². The molecule has 4 aliphatic heterocycles. The third-order valence-electron chi connectivity index (χ3n) is 9.07. The van der Waals surface area contributed by atoms with Crippen molar-refractivity contribution in [1.82, 2.24) is 0 Å². The summed E-state index contributed by atoms with van der Waals surface area (Å²) in [5, 5.41) is 10.9. The van der Waals surface area contributed by atoms with Crippen LogP contribution in [0, 0.1) is 0 Å².